The summed E-state index contributed by atoms with van der Waals surface area (Å²) >= 11 is 1.45. The molecule has 1 rings (SSSR count). The summed E-state index contributed by atoms with van der Waals surface area (Å²) in [4.78, 5) is 12.1. The van der Waals surface area contributed by atoms with Crippen LogP contribution >= 0.6 is 11.5 Å². The van der Waals surface area contributed by atoms with Gasteiger partial charge in [-0.25, -0.2) is 0 Å². The molecule has 70 valence electrons. The fourth-order valence-electron chi connectivity index (χ4n) is 0.917. The smallest absolute Gasteiger partial charge is 0.261 e. The minimum absolute atomic E-state index is 0.0636. The van der Waals surface area contributed by atoms with Crippen LogP contribution in [0.2, 0.25) is 0 Å². The summed E-state index contributed by atoms with van der Waals surface area (Å²) in [5.41, 5.74) is 0.939. The quantitative estimate of drug-likeness (QED) is 0.720. The van der Waals surface area contributed by atoms with E-state index in [-0.39, 0.29) is 5.56 Å². The van der Waals surface area contributed by atoms with E-state index in [2.05, 4.69) is 18.2 Å². The van der Waals surface area contributed by atoms with Crippen LogP contribution in [0, 0.1) is 6.92 Å². The van der Waals surface area contributed by atoms with Crippen LogP contribution in [0.25, 0.3) is 0 Å². The van der Waals surface area contributed by atoms with Crippen molar-refractivity contribution in [2.75, 3.05) is 0 Å². The van der Waals surface area contributed by atoms with Crippen molar-refractivity contribution in [3.05, 3.63) is 20.8 Å². The second-order valence-electron chi connectivity index (χ2n) is 2.68. The number of H-pyrrole nitrogens is 1. The molecule has 1 aromatic rings. The van der Waals surface area contributed by atoms with Crippen molar-refractivity contribution in [1.29, 1.82) is 0 Å². The lowest BCUT2D eigenvalue weighted by Gasteiger charge is -1.98. The summed E-state index contributed by atoms with van der Waals surface area (Å²) in [7, 11) is 0. The minimum atomic E-state index is 0.0636. The molecule has 0 saturated carbocycles. The van der Waals surface area contributed by atoms with Crippen LogP contribution in [0.4, 0.5) is 0 Å². The van der Waals surface area contributed by atoms with E-state index in [0.29, 0.717) is 5.92 Å². The van der Waals surface area contributed by atoms with Gasteiger partial charge in [-0.15, -0.1) is 0 Å². The molecule has 0 fully saturated rings. The number of hydrogen-bond acceptors (Lipinski definition) is 2. The van der Waals surface area contributed by atoms with Crippen LogP contribution in [0.3, 0.4) is 0 Å². The standard InChI is InChI=1S/C7H11NOS.C2H6/c1-4(2)6-5(3)7(9)8-10-6;1-2/h4H,1-3H3,(H,8,9);1-2H3. The van der Waals surface area contributed by atoms with Crippen molar-refractivity contribution in [1.82, 2.24) is 4.37 Å². The van der Waals surface area contributed by atoms with Crippen LogP contribution in [-0.4, -0.2) is 4.37 Å². The van der Waals surface area contributed by atoms with Crippen LogP contribution in [0.5, 0.6) is 0 Å². The lowest BCUT2D eigenvalue weighted by atomic mass is 10.1. The zero-order valence-electron chi connectivity index (χ0n) is 8.39. The van der Waals surface area contributed by atoms with Gasteiger partial charge in [0, 0.05) is 10.4 Å². The Hall–Kier alpha value is -0.570. The summed E-state index contributed by atoms with van der Waals surface area (Å²) in [6.07, 6.45) is 0. The zero-order valence-corrected chi connectivity index (χ0v) is 9.21. The fraction of sp³-hybridized carbons (Fsp3) is 0.667. The van der Waals surface area contributed by atoms with E-state index in [9.17, 15) is 4.79 Å². The highest BCUT2D eigenvalue weighted by molar-refractivity contribution is 7.05. The Morgan fingerprint density at radius 1 is 1.33 bits per heavy atom. The molecule has 0 radical (unpaired) electrons. The molecule has 0 amide bonds. The minimum Gasteiger partial charge on any atom is -0.277 e. The van der Waals surface area contributed by atoms with Gasteiger partial charge in [0.1, 0.15) is 0 Å². The number of rotatable bonds is 1. The summed E-state index contributed by atoms with van der Waals surface area (Å²) in [5, 5.41) is 0. The van der Waals surface area contributed by atoms with Gasteiger partial charge in [-0.1, -0.05) is 39.2 Å². The molecule has 0 aliphatic heterocycles. The van der Waals surface area contributed by atoms with Crippen molar-refractivity contribution < 1.29 is 0 Å². The maximum Gasteiger partial charge on any atom is 0.261 e. The largest absolute Gasteiger partial charge is 0.277 e. The Kier molecular flexibility index (Phi) is 4.90. The van der Waals surface area contributed by atoms with Gasteiger partial charge in [-0.2, -0.15) is 0 Å². The Bertz CT molecular complexity index is 272. The normalized spacial score (nSPS) is 9.50. The first-order valence-electron chi connectivity index (χ1n) is 4.31. The number of hydrogen-bond donors (Lipinski definition) is 1. The molecule has 0 bridgehead atoms. The second-order valence-corrected chi connectivity index (χ2v) is 3.53. The third kappa shape index (κ3) is 2.48. The average molecular weight is 187 g/mol. The molecule has 0 aliphatic rings. The van der Waals surface area contributed by atoms with Gasteiger partial charge in [0.15, 0.2) is 0 Å². The predicted octanol–water partition coefficient (Wildman–Crippen LogP) is 2.89. The lowest BCUT2D eigenvalue weighted by Crippen LogP contribution is -2.01. The topological polar surface area (TPSA) is 32.9 Å². The highest BCUT2D eigenvalue weighted by atomic mass is 32.1. The van der Waals surface area contributed by atoms with Gasteiger partial charge in [-0.3, -0.25) is 9.17 Å². The van der Waals surface area contributed by atoms with Crippen molar-refractivity contribution in [3.8, 4) is 0 Å². The Balaban J connectivity index is 0.000000561. The average Bonchev–Trinajstić information content (AvgIpc) is 2.37. The van der Waals surface area contributed by atoms with E-state index in [1.165, 1.54) is 16.4 Å². The SMILES string of the molecule is CC.Cc1c(C(C)C)s[nH]c1=O. The molecule has 0 aliphatic carbocycles. The van der Waals surface area contributed by atoms with E-state index in [1.807, 2.05) is 20.8 Å². The first-order chi connectivity index (χ1) is 5.63. The third-order valence-corrected chi connectivity index (χ3v) is 2.77. The molecule has 12 heavy (non-hydrogen) atoms. The Labute approximate surface area is 77.8 Å². The van der Waals surface area contributed by atoms with Crippen molar-refractivity contribution in [3.63, 3.8) is 0 Å². The monoisotopic (exact) mass is 187 g/mol. The molecule has 0 spiro atoms. The van der Waals surface area contributed by atoms with E-state index in [0.717, 1.165) is 5.56 Å². The summed E-state index contributed by atoms with van der Waals surface area (Å²) in [5.74, 6) is 0.462. The Morgan fingerprint density at radius 2 is 1.83 bits per heavy atom. The predicted molar refractivity (Wildman–Crippen MR) is 55.1 cm³/mol. The summed E-state index contributed by atoms with van der Waals surface area (Å²) in [6.45, 7) is 10.0. The van der Waals surface area contributed by atoms with Gasteiger partial charge in [0.05, 0.1) is 0 Å². The summed E-state index contributed by atoms with van der Waals surface area (Å²) < 4.78 is 2.70. The van der Waals surface area contributed by atoms with Crippen molar-refractivity contribution in [2.24, 2.45) is 0 Å². The van der Waals surface area contributed by atoms with Gasteiger partial charge >= 0.3 is 0 Å². The molecule has 2 nitrogen and oxygen atoms in total. The number of aromatic amines is 1. The van der Waals surface area contributed by atoms with E-state index >= 15 is 0 Å². The molecule has 0 unspecified atom stereocenters. The third-order valence-electron chi connectivity index (χ3n) is 1.49. The second kappa shape index (κ2) is 5.14. The maximum atomic E-state index is 10.9. The van der Waals surface area contributed by atoms with Gasteiger partial charge in [0.25, 0.3) is 5.56 Å². The first-order valence-corrected chi connectivity index (χ1v) is 5.12. The van der Waals surface area contributed by atoms with E-state index < -0.39 is 0 Å². The lowest BCUT2D eigenvalue weighted by molar-refractivity contribution is 0.879. The zero-order chi connectivity index (χ0) is 9.72. The van der Waals surface area contributed by atoms with Crippen LogP contribution in [0.1, 0.15) is 44.1 Å². The van der Waals surface area contributed by atoms with Crippen molar-refractivity contribution >= 4 is 11.5 Å². The molecular weight excluding hydrogens is 170 g/mol. The van der Waals surface area contributed by atoms with E-state index in [1.54, 1.807) is 0 Å². The maximum absolute atomic E-state index is 10.9. The number of nitrogens with one attached hydrogen (secondary N) is 1. The van der Waals surface area contributed by atoms with Gasteiger partial charge < -0.3 is 0 Å². The number of aromatic nitrogens is 1. The molecule has 3 heteroatoms. The molecule has 0 saturated heterocycles. The molecule has 0 aromatic carbocycles. The molecule has 1 N–H and O–H groups in total. The van der Waals surface area contributed by atoms with Crippen molar-refractivity contribution in [2.45, 2.75) is 40.5 Å². The highest BCUT2D eigenvalue weighted by Gasteiger charge is 2.07. The van der Waals surface area contributed by atoms with Crippen LogP contribution in [-0.2, 0) is 0 Å². The highest BCUT2D eigenvalue weighted by Crippen LogP contribution is 2.19. The molecule has 1 heterocycles. The first kappa shape index (κ1) is 11.4. The van der Waals surface area contributed by atoms with Gasteiger partial charge in [0.2, 0.25) is 0 Å². The van der Waals surface area contributed by atoms with E-state index in [4.69, 9.17) is 0 Å². The molecule has 0 atom stereocenters. The van der Waals surface area contributed by atoms with Crippen LogP contribution in [0.15, 0.2) is 4.79 Å². The summed E-state index contributed by atoms with van der Waals surface area (Å²) in [6, 6.07) is 0. The Morgan fingerprint density at radius 3 is 2.00 bits per heavy atom. The molecular formula is C9H17NOS. The molecule has 1 aromatic heterocycles. The van der Waals surface area contributed by atoms with Crippen LogP contribution < -0.4 is 5.56 Å². The fourth-order valence-corrected chi connectivity index (χ4v) is 1.75. The van der Waals surface area contributed by atoms with Gasteiger partial charge in [-0.05, 0) is 12.8 Å².